The Morgan fingerprint density at radius 1 is 1.54 bits per heavy atom. The molecule has 0 saturated heterocycles. The molecule has 3 N–H and O–H groups in total. The third-order valence-electron chi connectivity index (χ3n) is 1.46. The number of nitrogens with one attached hydrogen (secondary N) is 1. The van der Waals surface area contributed by atoms with E-state index in [-0.39, 0.29) is 23.8 Å². The molecule has 1 aromatic rings. The molecule has 0 atom stereocenters. The second-order valence-electron chi connectivity index (χ2n) is 2.26. The Bertz CT molecular complexity index is 317. The van der Waals surface area contributed by atoms with E-state index >= 15 is 0 Å². The Hall–Kier alpha value is -1.29. The maximum Gasteiger partial charge on any atom is 0.134 e. The molecule has 0 radical (unpaired) electrons. The monoisotopic (exact) mass is 204 g/mol. The van der Waals surface area contributed by atoms with Crippen LogP contribution in [0, 0.1) is 11.2 Å². The van der Waals surface area contributed by atoms with Crippen LogP contribution in [0.15, 0.2) is 18.2 Å². The summed E-state index contributed by atoms with van der Waals surface area (Å²) in [7, 11) is 1.47. The molecule has 1 aromatic carbocycles. The van der Waals surface area contributed by atoms with Gasteiger partial charge < -0.3 is 10.5 Å². The molecular formula is C8H10ClFN2O. The lowest BCUT2D eigenvalue weighted by molar-refractivity contribution is 0.413. The number of rotatable bonds is 2. The van der Waals surface area contributed by atoms with E-state index in [0.29, 0.717) is 5.75 Å². The molecule has 0 aromatic heterocycles. The molecule has 0 spiro atoms. The van der Waals surface area contributed by atoms with Crippen LogP contribution in [0.4, 0.5) is 4.39 Å². The number of hydrogen-bond donors (Lipinski definition) is 2. The molecule has 0 aliphatic heterocycles. The van der Waals surface area contributed by atoms with Crippen molar-refractivity contribution in [3.05, 3.63) is 29.6 Å². The molecule has 0 amide bonds. The van der Waals surface area contributed by atoms with Crippen molar-refractivity contribution in [3.8, 4) is 5.75 Å². The Morgan fingerprint density at radius 2 is 2.15 bits per heavy atom. The number of nitrogen functional groups attached to an aromatic ring is 1. The van der Waals surface area contributed by atoms with E-state index in [9.17, 15) is 4.39 Å². The summed E-state index contributed by atoms with van der Waals surface area (Å²) in [5, 5.41) is 7.03. The Balaban J connectivity index is 0.00000144. The van der Waals surface area contributed by atoms with E-state index in [2.05, 4.69) is 0 Å². The molecule has 13 heavy (non-hydrogen) atoms. The maximum atomic E-state index is 12.9. The fraction of sp³-hybridized carbons (Fsp3) is 0.125. The van der Waals surface area contributed by atoms with Crippen LogP contribution in [0.5, 0.6) is 5.75 Å². The van der Waals surface area contributed by atoms with Gasteiger partial charge >= 0.3 is 0 Å². The van der Waals surface area contributed by atoms with Gasteiger partial charge in [0.15, 0.2) is 0 Å². The number of hydrogen-bond acceptors (Lipinski definition) is 2. The largest absolute Gasteiger partial charge is 0.497 e. The topological polar surface area (TPSA) is 59.1 Å². The van der Waals surface area contributed by atoms with Gasteiger partial charge in [-0.1, -0.05) is 0 Å². The minimum atomic E-state index is -0.511. The summed E-state index contributed by atoms with van der Waals surface area (Å²) in [4.78, 5) is 0. The van der Waals surface area contributed by atoms with E-state index in [1.165, 1.54) is 25.3 Å². The van der Waals surface area contributed by atoms with E-state index in [1.807, 2.05) is 0 Å². The molecule has 72 valence electrons. The summed E-state index contributed by atoms with van der Waals surface area (Å²) >= 11 is 0. The lowest BCUT2D eigenvalue weighted by Gasteiger charge is -2.03. The first kappa shape index (κ1) is 11.7. The van der Waals surface area contributed by atoms with Gasteiger partial charge in [0.2, 0.25) is 0 Å². The zero-order valence-electron chi connectivity index (χ0n) is 7.00. The van der Waals surface area contributed by atoms with Crippen molar-refractivity contribution in [1.82, 2.24) is 0 Å². The van der Waals surface area contributed by atoms with Crippen molar-refractivity contribution < 1.29 is 9.13 Å². The van der Waals surface area contributed by atoms with Crippen LogP contribution in [0.1, 0.15) is 5.56 Å². The van der Waals surface area contributed by atoms with Crippen molar-refractivity contribution in [2.24, 2.45) is 5.73 Å². The number of benzene rings is 1. The summed E-state index contributed by atoms with van der Waals surface area (Å²) in [5.74, 6) is -0.323. The van der Waals surface area contributed by atoms with Crippen LogP contribution in [0.25, 0.3) is 0 Å². The van der Waals surface area contributed by atoms with Gasteiger partial charge in [-0.3, -0.25) is 5.41 Å². The van der Waals surface area contributed by atoms with Gasteiger partial charge in [0.1, 0.15) is 17.4 Å². The van der Waals surface area contributed by atoms with E-state index in [0.717, 1.165) is 0 Å². The average molecular weight is 205 g/mol. The van der Waals surface area contributed by atoms with Crippen molar-refractivity contribution in [2.45, 2.75) is 0 Å². The Kier molecular flexibility index (Phi) is 4.20. The molecule has 0 aliphatic rings. The summed E-state index contributed by atoms with van der Waals surface area (Å²) in [5.41, 5.74) is 5.19. The minimum Gasteiger partial charge on any atom is -0.497 e. The van der Waals surface area contributed by atoms with Gasteiger partial charge in [0.25, 0.3) is 0 Å². The minimum absolute atomic E-state index is 0. The lowest BCUT2D eigenvalue weighted by Crippen LogP contribution is -2.13. The van der Waals surface area contributed by atoms with Crippen molar-refractivity contribution in [2.75, 3.05) is 7.11 Å². The number of methoxy groups -OCH3 is 1. The van der Waals surface area contributed by atoms with Crippen LogP contribution < -0.4 is 10.5 Å². The zero-order valence-corrected chi connectivity index (χ0v) is 7.82. The highest BCUT2D eigenvalue weighted by Gasteiger charge is 2.05. The van der Waals surface area contributed by atoms with Crippen LogP contribution in [0.3, 0.4) is 0 Å². The summed E-state index contributed by atoms with van der Waals surface area (Å²) in [6.45, 7) is 0. The lowest BCUT2D eigenvalue weighted by atomic mass is 10.2. The normalized spacial score (nSPS) is 8.77. The standard InChI is InChI=1S/C8H9FN2O.ClH/c1-12-5-2-3-7(9)6(4-5)8(10)11;/h2-4H,1H3,(H3,10,11);1H. The highest BCUT2D eigenvalue weighted by atomic mass is 35.5. The summed E-state index contributed by atoms with van der Waals surface area (Å²) in [6, 6.07) is 4.08. The first-order valence-corrected chi connectivity index (χ1v) is 3.33. The van der Waals surface area contributed by atoms with Crippen LogP contribution >= 0.6 is 12.4 Å². The van der Waals surface area contributed by atoms with Crippen molar-refractivity contribution in [1.29, 1.82) is 5.41 Å². The molecule has 0 saturated carbocycles. The maximum absolute atomic E-state index is 12.9. The molecule has 3 nitrogen and oxygen atoms in total. The number of nitrogens with two attached hydrogens (primary N) is 1. The van der Waals surface area contributed by atoms with Gasteiger partial charge in [-0.2, -0.15) is 0 Å². The van der Waals surface area contributed by atoms with Gasteiger partial charge in [-0.15, -0.1) is 12.4 Å². The van der Waals surface area contributed by atoms with E-state index in [4.69, 9.17) is 15.9 Å². The van der Waals surface area contributed by atoms with Crippen LogP contribution in [-0.2, 0) is 0 Å². The van der Waals surface area contributed by atoms with Crippen LogP contribution in [-0.4, -0.2) is 12.9 Å². The highest BCUT2D eigenvalue weighted by molar-refractivity contribution is 5.95. The van der Waals surface area contributed by atoms with Crippen molar-refractivity contribution >= 4 is 18.2 Å². The number of ether oxygens (including phenoxy) is 1. The Labute approximate surface area is 81.6 Å². The van der Waals surface area contributed by atoms with Crippen LogP contribution in [0.2, 0.25) is 0 Å². The van der Waals surface area contributed by atoms with Gasteiger partial charge in [0.05, 0.1) is 12.7 Å². The molecule has 0 heterocycles. The Morgan fingerprint density at radius 3 is 2.62 bits per heavy atom. The first-order chi connectivity index (χ1) is 5.65. The SMILES string of the molecule is COc1ccc(F)c(C(=N)N)c1.Cl. The summed E-state index contributed by atoms with van der Waals surface area (Å²) in [6.07, 6.45) is 0. The molecule has 5 heteroatoms. The summed E-state index contributed by atoms with van der Waals surface area (Å²) < 4.78 is 17.7. The third-order valence-corrected chi connectivity index (χ3v) is 1.46. The fourth-order valence-electron chi connectivity index (χ4n) is 0.838. The number of amidine groups is 1. The highest BCUT2D eigenvalue weighted by Crippen LogP contribution is 2.15. The zero-order chi connectivity index (χ0) is 9.14. The molecule has 0 aliphatic carbocycles. The van der Waals surface area contributed by atoms with Gasteiger partial charge in [0, 0.05) is 0 Å². The smallest absolute Gasteiger partial charge is 0.134 e. The van der Waals surface area contributed by atoms with Gasteiger partial charge in [-0.05, 0) is 18.2 Å². The predicted molar refractivity (Wildman–Crippen MR) is 51.2 cm³/mol. The molecule has 0 unspecified atom stereocenters. The third kappa shape index (κ3) is 2.59. The van der Waals surface area contributed by atoms with E-state index in [1.54, 1.807) is 0 Å². The number of halogens is 2. The second kappa shape index (κ2) is 4.67. The van der Waals surface area contributed by atoms with E-state index < -0.39 is 5.82 Å². The quantitative estimate of drug-likeness (QED) is 0.567. The molecule has 1 rings (SSSR count). The van der Waals surface area contributed by atoms with Crippen molar-refractivity contribution in [3.63, 3.8) is 0 Å². The first-order valence-electron chi connectivity index (χ1n) is 3.33. The molecule has 0 fully saturated rings. The molecule has 0 bridgehead atoms. The average Bonchev–Trinajstić information content (AvgIpc) is 2.05. The van der Waals surface area contributed by atoms with Gasteiger partial charge in [-0.25, -0.2) is 4.39 Å². The molecular weight excluding hydrogens is 195 g/mol. The fourth-order valence-corrected chi connectivity index (χ4v) is 0.838. The second-order valence-corrected chi connectivity index (χ2v) is 2.26. The predicted octanol–water partition coefficient (Wildman–Crippen LogP) is 1.54.